The van der Waals surface area contributed by atoms with Gasteiger partial charge in [-0.2, -0.15) is 0 Å². The minimum Gasteiger partial charge on any atom is -0.0743 e. The summed E-state index contributed by atoms with van der Waals surface area (Å²) in [7, 11) is 0. The lowest BCUT2D eigenvalue weighted by atomic mass is 9.81. The van der Waals surface area contributed by atoms with Gasteiger partial charge in [0.05, 0.1) is 0 Å². The molecule has 96 valence electrons. The zero-order chi connectivity index (χ0) is 13.5. The molecule has 2 rings (SSSR count). The van der Waals surface area contributed by atoms with E-state index in [1.807, 2.05) is 0 Å². The van der Waals surface area contributed by atoms with Crippen molar-refractivity contribution in [3.8, 4) is 0 Å². The van der Waals surface area contributed by atoms with E-state index in [2.05, 4.69) is 103 Å². The molecule has 0 N–H and O–H groups in total. The lowest BCUT2D eigenvalue weighted by Gasteiger charge is -2.23. The van der Waals surface area contributed by atoms with Crippen molar-refractivity contribution in [3.63, 3.8) is 0 Å². The van der Waals surface area contributed by atoms with Crippen molar-refractivity contribution in [1.82, 2.24) is 0 Å². The van der Waals surface area contributed by atoms with Crippen molar-refractivity contribution in [2.45, 2.75) is 39.0 Å². The minimum absolute atomic E-state index is 0.148. The zero-order valence-corrected chi connectivity index (χ0v) is 15.5. The van der Waals surface area contributed by atoms with E-state index in [9.17, 15) is 0 Å². The predicted octanol–water partition coefficient (Wildman–Crippen LogP) is 5.95. The Morgan fingerprint density at radius 2 is 2.00 bits per heavy atom. The Kier molecular flexibility index (Phi) is 4.26. The summed E-state index contributed by atoms with van der Waals surface area (Å²) in [6.45, 7) is 9.11. The summed E-state index contributed by atoms with van der Waals surface area (Å²) in [5.41, 5.74) is 4.66. The van der Waals surface area contributed by atoms with Crippen LogP contribution in [-0.2, 0) is 5.41 Å². The average Bonchev–Trinajstić information content (AvgIpc) is 2.50. The number of rotatable bonds is 1. The zero-order valence-electron chi connectivity index (χ0n) is 11.2. The second-order valence-corrected chi connectivity index (χ2v) is 7.84. The van der Waals surface area contributed by atoms with Crippen LogP contribution in [-0.4, -0.2) is 0 Å². The average molecular weight is 464 g/mol. The molecule has 0 radical (unpaired) electrons. The smallest absolute Gasteiger partial charge is 0.0133 e. The number of halogens is 2. The van der Waals surface area contributed by atoms with E-state index < -0.39 is 0 Å². The lowest BCUT2D eigenvalue weighted by molar-refractivity contribution is 0.625. The summed E-state index contributed by atoms with van der Waals surface area (Å²) >= 11 is 4.82. The van der Waals surface area contributed by atoms with Gasteiger partial charge in [0.25, 0.3) is 0 Å². The fourth-order valence-electron chi connectivity index (χ4n) is 2.85. The molecule has 2 heteroatoms. The molecule has 1 unspecified atom stereocenters. The highest BCUT2D eigenvalue weighted by atomic mass is 127. The first-order valence-electron chi connectivity index (χ1n) is 6.21. The van der Waals surface area contributed by atoms with Gasteiger partial charge in [0.15, 0.2) is 0 Å². The summed E-state index contributed by atoms with van der Waals surface area (Å²) in [5.74, 6) is 0.525. The van der Waals surface area contributed by atoms with Crippen molar-refractivity contribution in [2.24, 2.45) is 0 Å². The first-order chi connectivity index (χ1) is 8.37. The quantitative estimate of drug-likeness (QED) is 0.451. The van der Waals surface area contributed by atoms with Gasteiger partial charge in [0.2, 0.25) is 0 Å². The van der Waals surface area contributed by atoms with Crippen molar-refractivity contribution in [2.75, 3.05) is 0 Å². The Balaban J connectivity index is 2.61. The lowest BCUT2D eigenvalue weighted by Crippen LogP contribution is -2.16. The van der Waals surface area contributed by atoms with E-state index in [-0.39, 0.29) is 5.41 Å². The maximum atomic E-state index is 2.41. The monoisotopic (exact) mass is 464 g/mol. The predicted molar refractivity (Wildman–Crippen MR) is 96.5 cm³/mol. The molecule has 1 aliphatic rings. The summed E-state index contributed by atoms with van der Waals surface area (Å²) in [4.78, 5) is 0. The van der Waals surface area contributed by atoms with Crippen LogP contribution in [0.15, 0.2) is 39.5 Å². The highest BCUT2D eigenvalue weighted by molar-refractivity contribution is 14.1. The molecule has 0 spiro atoms. The molecule has 0 saturated carbocycles. The normalized spacial score (nSPS) is 24.4. The second kappa shape index (κ2) is 5.27. The largest absolute Gasteiger partial charge is 0.0743 e. The van der Waals surface area contributed by atoms with Gasteiger partial charge in [-0.15, -0.1) is 0 Å². The van der Waals surface area contributed by atoms with E-state index in [1.54, 1.807) is 0 Å². The summed E-state index contributed by atoms with van der Waals surface area (Å²) in [6.07, 6.45) is 4.53. The molecule has 1 aromatic rings. The van der Waals surface area contributed by atoms with E-state index in [0.29, 0.717) is 5.92 Å². The van der Waals surface area contributed by atoms with Crippen LogP contribution in [0, 0.1) is 3.57 Å². The Hall–Kier alpha value is 0.160. The molecule has 0 fully saturated rings. The van der Waals surface area contributed by atoms with Crippen LogP contribution in [0.2, 0.25) is 0 Å². The fraction of sp³-hybridized carbons (Fsp3) is 0.375. The van der Waals surface area contributed by atoms with Gasteiger partial charge in [-0.25, -0.2) is 0 Å². The molecule has 0 heterocycles. The third-order valence-electron chi connectivity index (χ3n) is 3.91. The van der Waals surface area contributed by atoms with Gasteiger partial charge >= 0.3 is 0 Å². The van der Waals surface area contributed by atoms with Gasteiger partial charge in [0, 0.05) is 18.5 Å². The molecule has 0 aliphatic heterocycles. The van der Waals surface area contributed by atoms with Gasteiger partial charge in [-0.1, -0.05) is 38.5 Å². The number of allylic oxidation sites excluding steroid dienone is 4. The minimum atomic E-state index is 0.148. The number of benzene rings is 1. The first-order valence-corrected chi connectivity index (χ1v) is 8.37. The molecule has 1 aromatic carbocycles. The van der Waals surface area contributed by atoms with Gasteiger partial charge in [0.1, 0.15) is 0 Å². The molecule has 0 saturated heterocycles. The first kappa shape index (κ1) is 14.6. The molecule has 0 aromatic heterocycles. The second-order valence-electron chi connectivity index (χ2n) is 5.35. The van der Waals surface area contributed by atoms with Crippen molar-refractivity contribution >= 4 is 45.2 Å². The van der Waals surface area contributed by atoms with Gasteiger partial charge in [-0.05, 0) is 81.4 Å². The van der Waals surface area contributed by atoms with Gasteiger partial charge in [-0.3, -0.25) is 0 Å². The van der Waals surface area contributed by atoms with Crippen LogP contribution in [0.3, 0.4) is 0 Å². The number of hydrogen-bond acceptors (Lipinski definition) is 0. The number of fused-ring (bicyclic) bond motifs is 1. The van der Waals surface area contributed by atoms with E-state index >= 15 is 0 Å². The standard InChI is InChI=1S/C16H18I2/c1-5-11(17)8-14-10(2)13-7-6-12(18)9-15(13)16(14,3)4/h5-10H,1-4H3/b11-5+,14-8+. The SMILES string of the molecule is C/C=C(I)\C=C1/C(C)c2ccc(I)cc2C1(C)C. The van der Waals surface area contributed by atoms with E-state index in [1.165, 1.54) is 23.9 Å². The highest BCUT2D eigenvalue weighted by Gasteiger charge is 2.39. The summed E-state index contributed by atoms with van der Waals surface area (Å²) in [5, 5.41) is 0. The maximum Gasteiger partial charge on any atom is 0.0133 e. The van der Waals surface area contributed by atoms with Crippen molar-refractivity contribution < 1.29 is 0 Å². The maximum absolute atomic E-state index is 2.41. The van der Waals surface area contributed by atoms with Crippen LogP contribution in [0.5, 0.6) is 0 Å². The van der Waals surface area contributed by atoms with Crippen LogP contribution < -0.4 is 0 Å². The molecule has 18 heavy (non-hydrogen) atoms. The number of hydrogen-bond donors (Lipinski definition) is 0. The molecule has 0 nitrogen and oxygen atoms in total. The third kappa shape index (κ3) is 2.42. The van der Waals surface area contributed by atoms with E-state index in [0.717, 1.165) is 0 Å². The third-order valence-corrected chi connectivity index (χ3v) is 5.52. The van der Waals surface area contributed by atoms with Crippen LogP contribution in [0.1, 0.15) is 44.7 Å². The Morgan fingerprint density at radius 1 is 1.33 bits per heavy atom. The molecule has 1 atom stereocenters. The Labute approximate surface area is 137 Å². The topological polar surface area (TPSA) is 0 Å². The van der Waals surface area contributed by atoms with Crippen molar-refractivity contribution in [3.05, 3.63) is 54.2 Å². The summed E-state index contributed by atoms with van der Waals surface area (Å²) in [6, 6.07) is 6.86. The van der Waals surface area contributed by atoms with Crippen LogP contribution in [0.25, 0.3) is 0 Å². The molecular weight excluding hydrogens is 446 g/mol. The molecule has 0 amide bonds. The summed E-state index contributed by atoms with van der Waals surface area (Å²) < 4.78 is 2.65. The molecule has 0 bridgehead atoms. The highest BCUT2D eigenvalue weighted by Crippen LogP contribution is 2.50. The van der Waals surface area contributed by atoms with Gasteiger partial charge < -0.3 is 0 Å². The van der Waals surface area contributed by atoms with Crippen molar-refractivity contribution in [1.29, 1.82) is 0 Å². The Morgan fingerprint density at radius 3 is 2.61 bits per heavy atom. The van der Waals surface area contributed by atoms with Crippen LogP contribution >= 0.6 is 45.2 Å². The fourth-order valence-corrected chi connectivity index (χ4v) is 3.68. The Bertz CT molecular complexity index is 536. The molecular formula is C16H18I2. The van der Waals surface area contributed by atoms with E-state index in [4.69, 9.17) is 0 Å². The molecule has 1 aliphatic carbocycles. The van der Waals surface area contributed by atoms with Crippen LogP contribution in [0.4, 0.5) is 0 Å².